The van der Waals surface area contributed by atoms with Crippen molar-refractivity contribution in [3.8, 4) is 0 Å². The Bertz CT molecular complexity index is 932. The molecule has 1 fully saturated rings. The summed E-state index contributed by atoms with van der Waals surface area (Å²) in [5.41, 5.74) is 3.28. The van der Waals surface area contributed by atoms with Crippen molar-refractivity contribution in [2.45, 2.75) is 51.6 Å². The molecule has 1 aliphatic carbocycles. The van der Waals surface area contributed by atoms with Gasteiger partial charge in [-0.1, -0.05) is 12.8 Å². The van der Waals surface area contributed by atoms with E-state index in [4.69, 9.17) is 9.97 Å². The fourth-order valence-corrected chi connectivity index (χ4v) is 4.22. The molecule has 1 aliphatic heterocycles. The van der Waals surface area contributed by atoms with Crippen molar-refractivity contribution in [1.82, 2.24) is 29.5 Å². The predicted octanol–water partition coefficient (Wildman–Crippen LogP) is 2.55. The highest BCUT2D eigenvalue weighted by atomic mass is 15.4. The molecule has 4 heterocycles. The molecule has 5 rings (SSSR count). The second-order valence-electron chi connectivity index (χ2n) is 7.31. The third-order valence-corrected chi connectivity index (χ3v) is 5.53. The number of aryl methyl sites for hydroxylation is 2. The predicted molar refractivity (Wildman–Crippen MR) is 95.5 cm³/mol. The molecule has 0 unspecified atom stereocenters. The summed E-state index contributed by atoms with van der Waals surface area (Å²) >= 11 is 0. The zero-order chi connectivity index (χ0) is 17.0. The number of hydrogen-bond acceptors (Lipinski definition) is 5. The zero-order valence-corrected chi connectivity index (χ0v) is 14.8. The highest BCUT2D eigenvalue weighted by molar-refractivity contribution is 5.87. The highest BCUT2D eigenvalue weighted by Crippen LogP contribution is 2.35. The number of nitrogens with zero attached hydrogens (tertiary/aromatic N) is 7. The first kappa shape index (κ1) is 14.9. The Labute approximate surface area is 146 Å². The van der Waals surface area contributed by atoms with Gasteiger partial charge in [0, 0.05) is 19.5 Å². The molecule has 0 aromatic carbocycles. The van der Waals surface area contributed by atoms with Crippen LogP contribution in [0.1, 0.15) is 48.8 Å². The molecule has 25 heavy (non-hydrogen) atoms. The third-order valence-electron chi connectivity index (χ3n) is 5.53. The van der Waals surface area contributed by atoms with Crippen LogP contribution in [0.2, 0.25) is 0 Å². The van der Waals surface area contributed by atoms with Crippen LogP contribution < -0.4 is 4.90 Å². The number of fused-ring (bicyclic) bond motifs is 2. The van der Waals surface area contributed by atoms with Gasteiger partial charge in [-0.2, -0.15) is 10.2 Å². The minimum absolute atomic E-state index is 0.496. The van der Waals surface area contributed by atoms with Crippen molar-refractivity contribution in [3.63, 3.8) is 0 Å². The van der Waals surface area contributed by atoms with Gasteiger partial charge in [0.25, 0.3) is 0 Å². The van der Waals surface area contributed by atoms with Gasteiger partial charge in [-0.3, -0.25) is 9.36 Å². The van der Waals surface area contributed by atoms with Crippen LogP contribution in [0.25, 0.3) is 11.0 Å². The monoisotopic (exact) mass is 337 g/mol. The van der Waals surface area contributed by atoms with Gasteiger partial charge < -0.3 is 4.90 Å². The Morgan fingerprint density at radius 3 is 2.80 bits per heavy atom. The maximum atomic E-state index is 5.03. The standard InChI is InChI=1S/C18H23N7/c1-12-9-14-11-24(7-8-25(14)22-12)18-15-10-19-23(2)17(15)20-16(21-18)13-5-3-4-6-13/h9-10,13H,3-8,11H2,1-2H3. The normalized spacial score (nSPS) is 18.2. The van der Waals surface area contributed by atoms with Crippen LogP contribution in [0.15, 0.2) is 12.3 Å². The van der Waals surface area contributed by atoms with E-state index >= 15 is 0 Å². The summed E-state index contributed by atoms with van der Waals surface area (Å²) in [7, 11) is 1.96. The lowest BCUT2D eigenvalue weighted by molar-refractivity contribution is 0.514. The molecular weight excluding hydrogens is 314 g/mol. The molecule has 3 aromatic heterocycles. The first-order chi connectivity index (χ1) is 12.2. The summed E-state index contributed by atoms with van der Waals surface area (Å²) in [6.07, 6.45) is 6.88. The number of hydrogen-bond donors (Lipinski definition) is 0. The van der Waals surface area contributed by atoms with E-state index < -0.39 is 0 Å². The lowest BCUT2D eigenvalue weighted by atomic mass is 10.1. The molecule has 2 aliphatic rings. The minimum Gasteiger partial charge on any atom is -0.348 e. The summed E-state index contributed by atoms with van der Waals surface area (Å²) in [5, 5.41) is 10.1. The van der Waals surface area contributed by atoms with E-state index in [1.54, 1.807) is 0 Å². The first-order valence-corrected chi connectivity index (χ1v) is 9.17. The fourth-order valence-electron chi connectivity index (χ4n) is 4.22. The lowest BCUT2D eigenvalue weighted by Gasteiger charge is -2.29. The molecule has 0 saturated heterocycles. The van der Waals surface area contributed by atoms with Gasteiger partial charge in [0.05, 0.1) is 36.1 Å². The Balaban J connectivity index is 1.60. The van der Waals surface area contributed by atoms with E-state index in [1.165, 1.54) is 31.4 Å². The zero-order valence-electron chi connectivity index (χ0n) is 14.8. The Hall–Kier alpha value is -2.44. The van der Waals surface area contributed by atoms with E-state index in [1.807, 2.05) is 17.9 Å². The van der Waals surface area contributed by atoms with Gasteiger partial charge in [-0.05, 0) is 25.8 Å². The quantitative estimate of drug-likeness (QED) is 0.719. The molecule has 0 bridgehead atoms. The Morgan fingerprint density at radius 1 is 1.12 bits per heavy atom. The molecule has 1 saturated carbocycles. The molecule has 7 nitrogen and oxygen atoms in total. The average molecular weight is 337 g/mol. The third kappa shape index (κ3) is 2.41. The summed E-state index contributed by atoms with van der Waals surface area (Å²) in [6, 6.07) is 2.17. The summed E-state index contributed by atoms with van der Waals surface area (Å²) in [6.45, 7) is 4.71. The van der Waals surface area contributed by atoms with E-state index in [9.17, 15) is 0 Å². The van der Waals surface area contributed by atoms with Crippen LogP contribution >= 0.6 is 0 Å². The van der Waals surface area contributed by atoms with E-state index in [0.717, 1.165) is 48.0 Å². The first-order valence-electron chi connectivity index (χ1n) is 9.17. The molecule has 0 spiro atoms. The van der Waals surface area contributed by atoms with Crippen LogP contribution in [0.3, 0.4) is 0 Å². The van der Waals surface area contributed by atoms with Crippen molar-refractivity contribution in [2.24, 2.45) is 7.05 Å². The van der Waals surface area contributed by atoms with Crippen LogP contribution in [-0.4, -0.2) is 36.1 Å². The van der Waals surface area contributed by atoms with Crippen molar-refractivity contribution in [1.29, 1.82) is 0 Å². The summed E-state index contributed by atoms with van der Waals surface area (Å²) in [4.78, 5) is 12.3. The Morgan fingerprint density at radius 2 is 1.96 bits per heavy atom. The average Bonchev–Trinajstić information content (AvgIpc) is 3.33. The number of anilines is 1. The maximum Gasteiger partial charge on any atom is 0.163 e. The van der Waals surface area contributed by atoms with Gasteiger partial charge in [0.15, 0.2) is 5.65 Å². The SMILES string of the molecule is Cc1cc2n(n1)CCN(c1nc(C3CCCC3)nc3c1cnn3C)C2. The van der Waals surface area contributed by atoms with Gasteiger partial charge >= 0.3 is 0 Å². The minimum atomic E-state index is 0.496. The largest absolute Gasteiger partial charge is 0.348 e. The van der Waals surface area contributed by atoms with Crippen molar-refractivity contribution in [2.75, 3.05) is 11.4 Å². The van der Waals surface area contributed by atoms with Crippen LogP contribution in [0.4, 0.5) is 5.82 Å². The molecule has 0 N–H and O–H groups in total. The smallest absolute Gasteiger partial charge is 0.163 e. The van der Waals surface area contributed by atoms with Crippen LogP contribution in [0.5, 0.6) is 0 Å². The maximum absolute atomic E-state index is 5.03. The van der Waals surface area contributed by atoms with Crippen molar-refractivity contribution < 1.29 is 0 Å². The van der Waals surface area contributed by atoms with Gasteiger partial charge in [-0.25, -0.2) is 9.97 Å². The molecule has 0 amide bonds. The molecule has 0 radical (unpaired) electrons. The lowest BCUT2D eigenvalue weighted by Crippen LogP contribution is -2.34. The van der Waals surface area contributed by atoms with Crippen LogP contribution in [0, 0.1) is 6.92 Å². The topological polar surface area (TPSA) is 64.7 Å². The number of aromatic nitrogens is 6. The van der Waals surface area contributed by atoms with Gasteiger partial charge in [-0.15, -0.1) is 0 Å². The highest BCUT2D eigenvalue weighted by Gasteiger charge is 2.26. The molecular formula is C18H23N7. The molecule has 7 heteroatoms. The molecule has 130 valence electrons. The summed E-state index contributed by atoms with van der Waals surface area (Å²) < 4.78 is 3.99. The van der Waals surface area contributed by atoms with E-state index in [-0.39, 0.29) is 0 Å². The van der Waals surface area contributed by atoms with Crippen molar-refractivity contribution in [3.05, 3.63) is 29.5 Å². The fraction of sp³-hybridized carbons (Fsp3) is 0.556. The number of rotatable bonds is 2. The van der Waals surface area contributed by atoms with Gasteiger partial charge in [0.2, 0.25) is 0 Å². The van der Waals surface area contributed by atoms with E-state index in [2.05, 4.69) is 32.8 Å². The van der Waals surface area contributed by atoms with Crippen LogP contribution in [-0.2, 0) is 20.1 Å². The molecule has 3 aromatic rings. The Kier molecular flexibility index (Phi) is 3.29. The van der Waals surface area contributed by atoms with Crippen molar-refractivity contribution >= 4 is 16.9 Å². The summed E-state index contributed by atoms with van der Waals surface area (Å²) in [5.74, 6) is 2.53. The second kappa shape index (κ2) is 5.54. The second-order valence-corrected chi connectivity index (χ2v) is 7.31. The van der Waals surface area contributed by atoms with E-state index in [0.29, 0.717) is 5.92 Å². The molecule has 0 atom stereocenters. The van der Waals surface area contributed by atoms with Gasteiger partial charge in [0.1, 0.15) is 11.6 Å².